The number of aromatic amines is 2. The van der Waals surface area contributed by atoms with Crippen molar-refractivity contribution < 1.29 is 0 Å². The van der Waals surface area contributed by atoms with Crippen LogP contribution >= 0.6 is 15.9 Å². The van der Waals surface area contributed by atoms with Crippen LogP contribution in [0.1, 0.15) is 12.5 Å². The van der Waals surface area contributed by atoms with Gasteiger partial charge in [-0.25, -0.2) is 0 Å². The lowest BCUT2D eigenvalue weighted by atomic mass is 10.2. The van der Waals surface area contributed by atoms with Crippen molar-refractivity contribution in [2.45, 2.75) is 13.3 Å². The van der Waals surface area contributed by atoms with E-state index in [4.69, 9.17) is 0 Å². The number of halogens is 1. The monoisotopic (exact) mass is 418 g/mol. The highest BCUT2D eigenvalue weighted by atomic mass is 79.9. The molecule has 0 saturated carbocycles. The normalized spacial score (nSPS) is 10.0. The molecule has 0 fully saturated rings. The molecule has 5 rings (SSSR count). The maximum atomic E-state index is 3.40. The summed E-state index contributed by atoms with van der Waals surface area (Å²) >= 11 is 3.40. The fourth-order valence-corrected chi connectivity index (χ4v) is 3.19. The molecule has 0 aliphatic heterocycles. The molecule has 0 aliphatic rings. The Hall–Kier alpha value is -2.78. The Balaban J connectivity index is 0.000000117. The molecule has 0 radical (unpaired) electrons. The topological polar surface area (TPSA) is 31.6 Å². The third kappa shape index (κ3) is 5.60. The number of para-hydroxylation sites is 2. The van der Waals surface area contributed by atoms with Gasteiger partial charge in [-0.2, -0.15) is 0 Å². The van der Waals surface area contributed by atoms with E-state index in [1.165, 1.54) is 31.8 Å². The lowest BCUT2D eigenvalue weighted by Gasteiger charge is -1.94. The summed E-state index contributed by atoms with van der Waals surface area (Å²) in [6.45, 7) is 2.15. The van der Waals surface area contributed by atoms with E-state index in [1.54, 1.807) is 0 Å². The molecular formula is C24H23BrN2. The van der Waals surface area contributed by atoms with E-state index >= 15 is 0 Å². The summed E-state index contributed by atoms with van der Waals surface area (Å²) < 4.78 is 1.17. The molecule has 5 aromatic rings. The number of rotatable bonds is 1. The van der Waals surface area contributed by atoms with Gasteiger partial charge in [-0.1, -0.05) is 71.4 Å². The first-order valence-corrected chi connectivity index (χ1v) is 9.84. The molecular weight excluding hydrogens is 396 g/mol. The van der Waals surface area contributed by atoms with E-state index in [9.17, 15) is 0 Å². The Morgan fingerprint density at radius 2 is 1.22 bits per heavy atom. The van der Waals surface area contributed by atoms with Gasteiger partial charge in [0.2, 0.25) is 0 Å². The molecule has 0 bridgehead atoms. The molecule has 3 heteroatoms. The highest BCUT2D eigenvalue weighted by molar-refractivity contribution is 9.10. The molecule has 2 aromatic heterocycles. The number of hydrogen-bond acceptors (Lipinski definition) is 0. The summed E-state index contributed by atoms with van der Waals surface area (Å²) in [5.74, 6) is 0. The largest absolute Gasteiger partial charge is 0.361 e. The highest BCUT2D eigenvalue weighted by Crippen LogP contribution is 2.11. The van der Waals surface area contributed by atoms with Crippen molar-refractivity contribution in [1.82, 2.24) is 9.97 Å². The summed E-state index contributed by atoms with van der Waals surface area (Å²) in [6, 6.07) is 28.9. The SMILES string of the molecule is CCc1cccc(Br)c1.c1ccc2[nH]ccc2c1.c1ccc2[nH]ccc2c1. The molecule has 2 nitrogen and oxygen atoms in total. The summed E-state index contributed by atoms with van der Waals surface area (Å²) in [5, 5.41) is 2.55. The molecule has 0 saturated heterocycles. The Morgan fingerprint density at radius 1 is 0.667 bits per heavy atom. The van der Waals surface area contributed by atoms with Crippen LogP contribution in [0.5, 0.6) is 0 Å². The second-order valence-corrected chi connectivity index (χ2v) is 7.03. The van der Waals surface area contributed by atoms with Crippen molar-refractivity contribution in [1.29, 1.82) is 0 Å². The second-order valence-electron chi connectivity index (χ2n) is 6.11. The van der Waals surface area contributed by atoms with Gasteiger partial charge in [0.25, 0.3) is 0 Å². The van der Waals surface area contributed by atoms with Crippen molar-refractivity contribution in [3.8, 4) is 0 Å². The molecule has 27 heavy (non-hydrogen) atoms. The second kappa shape index (κ2) is 9.79. The molecule has 2 heterocycles. The fraction of sp³-hybridized carbons (Fsp3) is 0.0833. The number of benzene rings is 3. The minimum absolute atomic E-state index is 1.11. The zero-order valence-electron chi connectivity index (χ0n) is 15.3. The van der Waals surface area contributed by atoms with Crippen LogP contribution in [0.15, 0.2) is 102 Å². The van der Waals surface area contributed by atoms with Crippen molar-refractivity contribution in [3.63, 3.8) is 0 Å². The Bertz CT molecular complexity index is 965. The molecule has 0 spiro atoms. The number of aromatic nitrogens is 2. The molecule has 0 aliphatic carbocycles. The van der Waals surface area contributed by atoms with E-state index in [0.717, 1.165) is 6.42 Å². The van der Waals surface area contributed by atoms with Crippen LogP contribution < -0.4 is 0 Å². The van der Waals surface area contributed by atoms with Crippen LogP contribution in [-0.4, -0.2) is 9.97 Å². The smallest absolute Gasteiger partial charge is 0.0453 e. The number of aryl methyl sites for hydroxylation is 1. The number of fused-ring (bicyclic) bond motifs is 2. The fourth-order valence-electron chi connectivity index (χ4n) is 2.75. The lowest BCUT2D eigenvalue weighted by Crippen LogP contribution is -1.76. The van der Waals surface area contributed by atoms with Crippen molar-refractivity contribution >= 4 is 37.7 Å². The first-order chi connectivity index (χ1) is 13.3. The van der Waals surface area contributed by atoms with Gasteiger partial charge >= 0.3 is 0 Å². The van der Waals surface area contributed by atoms with Gasteiger partial charge in [0, 0.05) is 27.9 Å². The van der Waals surface area contributed by atoms with E-state index < -0.39 is 0 Å². The average Bonchev–Trinajstić information content (AvgIpc) is 3.38. The predicted molar refractivity (Wildman–Crippen MR) is 120 cm³/mol. The van der Waals surface area contributed by atoms with Gasteiger partial charge in [-0.15, -0.1) is 0 Å². The van der Waals surface area contributed by atoms with Crippen molar-refractivity contribution in [3.05, 3.63) is 107 Å². The Labute approximate surface area is 168 Å². The summed E-state index contributed by atoms with van der Waals surface area (Å²) in [6.07, 6.45) is 5.01. The average molecular weight is 419 g/mol. The van der Waals surface area contributed by atoms with Gasteiger partial charge in [0.05, 0.1) is 0 Å². The minimum Gasteiger partial charge on any atom is -0.361 e. The first kappa shape index (κ1) is 19.0. The van der Waals surface area contributed by atoms with E-state index in [0.29, 0.717) is 0 Å². The van der Waals surface area contributed by atoms with Crippen LogP contribution in [0, 0.1) is 0 Å². The molecule has 3 aromatic carbocycles. The lowest BCUT2D eigenvalue weighted by molar-refractivity contribution is 1.14. The third-order valence-corrected chi connectivity index (χ3v) is 4.72. The number of hydrogen-bond donors (Lipinski definition) is 2. The van der Waals surface area contributed by atoms with Crippen LogP contribution in [0.2, 0.25) is 0 Å². The quantitative estimate of drug-likeness (QED) is 0.285. The molecule has 0 amide bonds. The Morgan fingerprint density at radius 3 is 1.67 bits per heavy atom. The molecule has 0 unspecified atom stereocenters. The zero-order valence-corrected chi connectivity index (χ0v) is 16.9. The van der Waals surface area contributed by atoms with E-state index in [-0.39, 0.29) is 0 Å². The number of nitrogens with one attached hydrogen (secondary N) is 2. The van der Waals surface area contributed by atoms with Gasteiger partial charge in [-0.3, -0.25) is 0 Å². The van der Waals surface area contributed by atoms with E-state index in [1.807, 2.05) is 42.7 Å². The van der Waals surface area contributed by atoms with Gasteiger partial charge < -0.3 is 9.97 Å². The Kier molecular flexibility index (Phi) is 6.89. The standard InChI is InChI=1S/C8H9Br.2C8H7N/c1-2-7-4-3-5-8(9)6-7;2*1-2-4-8-7(3-1)5-6-9-8/h3-6H,2H2,1H3;2*1-6,9H. The zero-order chi connectivity index (χ0) is 18.9. The maximum Gasteiger partial charge on any atom is 0.0453 e. The van der Waals surface area contributed by atoms with Crippen LogP contribution in [0.4, 0.5) is 0 Å². The summed E-state index contributed by atoms with van der Waals surface area (Å²) in [7, 11) is 0. The van der Waals surface area contributed by atoms with Gasteiger partial charge in [0.1, 0.15) is 0 Å². The predicted octanol–water partition coefficient (Wildman–Crippen LogP) is 7.35. The van der Waals surface area contributed by atoms with Crippen LogP contribution in [0.3, 0.4) is 0 Å². The molecule has 136 valence electrons. The van der Waals surface area contributed by atoms with Crippen molar-refractivity contribution in [2.24, 2.45) is 0 Å². The first-order valence-electron chi connectivity index (χ1n) is 9.05. The molecule has 2 N–H and O–H groups in total. The summed E-state index contributed by atoms with van der Waals surface area (Å²) in [4.78, 5) is 6.24. The van der Waals surface area contributed by atoms with Crippen LogP contribution in [0.25, 0.3) is 21.8 Å². The van der Waals surface area contributed by atoms with Crippen molar-refractivity contribution in [2.75, 3.05) is 0 Å². The summed E-state index contributed by atoms with van der Waals surface area (Å²) in [5.41, 5.74) is 3.79. The van der Waals surface area contributed by atoms with Gasteiger partial charge in [0.15, 0.2) is 0 Å². The maximum absolute atomic E-state index is 3.40. The van der Waals surface area contributed by atoms with Crippen LogP contribution in [-0.2, 0) is 6.42 Å². The molecule has 0 atom stereocenters. The van der Waals surface area contributed by atoms with E-state index in [2.05, 4.69) is 87.4 Å². The van der Waals surface area contributed by atoms with Gasteiger partial charge in [-0.05, 0) is 59.2 Å². The third-order valence-electron chi connectivity index (χ3n) is 4.22. The minimum atomic E-state index is 1.11. The number of H-pyrrole nitrogens is 2. The highest BCUT2D eigenvalue weighted by Gasteiger charge is 1.88.